The molecule has 1 N–H and O–H groups in total. The summed E-state index contributed by atoms with van der Waals surface area (Å²) < 4.78 is 5.09. The first-order valence-electron chi connectivity index (χ1n) is 5.65. The lowest BCUT2D eigenvalue weighted by Crippen LogP contribution is -2.41. The quantitative estimate of drug-likeness (QED) is 0.796. The van der Waals surface area contributed by atoms with Gasteiger partial charge in [-0.25, -0.2) is 0 Å². The fourth-order valence-electron chi connectivity index (χ4n) is 1.46. The van der Waals surface area contributed by atoms with Crippen LogP contribution in [0.25, 0.3) is 6.08 Å². The van der Waals surface area contributed by atoms with Crippen LogP contribution in [0.4, 0.5) is 0 Å². The van der Waals surface area contributed by atoms with Crippen molar-refractivity contribution < 1.29 is 14.3 Å². The van der Waals surface area contributed by atoms with Crippen molar-refractivity contribution in [1.29, 1.82) is 0 Å². The average molecular weight is 237 g/mol. The summed E-state index contributed by atoms with van der Waals surface area (Å²) in [5, 5.41) is 9.68. The van der Waals surface area contributed by atoms with E-state index in [0.29, 0.717) is 18.8 Å². The largest absolute Gasteiger partial charge is 0.465 e. The van der Waals surface area contributed by atoms with E-state index in [4.69, 9.17) is 4.42 Å². The van der Waals surface area contributed by atoms with E-state index in [2.05, 4.69) is 0 Å². The number of aliphatic hydroxyl groups is 1. The number of carbonyl (C=O) groups is 1. The molecule has 0 atom stereocenters. The predicted molar refractivity (Wildman–Crippen MR) is 66.3 cm³/mol. The zero-order valence-corrected chi connectivity index (χ0v) is 10.5. The first-order chi connectivity index (χ1) is 7.92. The third-order valence-electron chi connectivity index (χ3n) is 2.20. The van der Waals surface area contributed by atoms with Crippen LogP contribution in [0.3, 0.4) is 0 Å². The molecule has 0 aliphatic rings. The molecule has 0 saturated heterocycles. The number of nitrogens with zero attached hydrogens (tertiary/aromatic N) is 1. The van der Waals surface area contributed by atoms with Gasteiger partial charge in [-0.2, -0.15) is 0 Å². The van der Waals surface area contributed by atoms with E-state index in [-0.39, 0.29) is 5.91 Å². The highest BCUT2D eigenvalue weighted by Crippen LogP contribution is 2.07. The van der Waals surface area contributed by atoms with Crippen LogP contribution in [0.5, 0.6) is 0 Å². The summed E-state index contributed by atoms with van der Waals surface area (Å²) in [6.45, 7) is 6.11. The minimum atomic E-state index is -0.885. The molecular formula is C13H19NO3. The van der Waals surface area contributed by atoms with Gasteiger partial charge in [0.1, 0.15) is 5.76 Å². The molecule has 0 aromatic carbocycles. The van der Waals surface area contributed by atoms with E-state index in [1.54, 1.807) is 43.2 Å². The van der Waals surface area contributed by atoms with Crippen LogP contribution in [0.2, 0.25) is 0 Å². The lowest BCUT2D eigenvalue weighted by Gasteiger charge is -2.27. The molecule has 0 fully saturated rings. The van der Waals surface area contributed by atoms with Crippen LogP contribution in [0.1, 0.15) is 26.5 Å². The van der Waals surface area contributed by atoms with Crippen LogP contribution in [0, 0.1) is 0 Å². The molecule has 1 amide bonds. The molecule has 1 aromatic rings. The van der Waals surface area contributed by atoms with Crippen molar-refractivity contribution in [3.63, 3.8) is 0 Å². The fraction of sp³-hybridized carbons (Fsp3) is 0.462. The summed E-state index contributed by atoms with van der Waals surface area (Å²) in [6.07, 6.45) is 4.63. The van der Waals surface area contributed by atoms with Crippen molar-refractivity contribution in [2.75, 3.05) is 13.1 Å². The summed E-state index contributed by atoms with van der Waals surface area (Å²) in [4.78, 5) is 13.4. The smallest absolute Gasteiger partial charge is 0.246 e. The average Bonchev–Trinajstić information content (AvgIpc) is 2.74. The Morgan fingerprint density at radius 1 is 1.59 bits per heavy atom. The Labute approximate surface area is 102 Å². The van der Waals surface area contributed by atoms with Crippen LogP contribution < -0.4 is 0 Å². The van der Waals surface area contributed by atoms with Gasteiger partial charge in [0.15, 0.2) is 0 Å². The van der Waals surface area contributed by atoms with Crippen molar-refractivity contribution in [2.45, 2.75) is 26.4 Å². The minimum Gasteiger partial charge on any atom is -0.465 e. The van der Waals surface area contributed by atoms with Crippen molar-refractivity contribution >= 4 is 12.0 Å². The summed E-state index contributed by atoms with van der Waals surface area (Å²) >= 11 is 0. The maximum Gasteiger partial charge on any atom is 0.246 e. The van der Waals surface area contributed by atoms with Gasteiger partial charge in [0, 0.05) is 19.2 Å². The SMILES string of the molecule is CCN(CC(C)(C)O)C(=O)C=Cc1ccco1. The second-order valence-electron chi connectivity index (χ2n) is 4.51. The maximum atomic E-state index is 11.8. The predicted octanol–water partition coefficient (Wildman–Crippen LogP) is 1.91. The Balaban J connectivity index is 2.61. The van der Waals surface area contributed by atoms with Gasteiger partial charge >= 0.3 is 0 Å². The third kappa shape index (κ3) is 4.87. The zero-order valence-electron chi connectivity index (χ0n) is 10.5. The highest BCUT2D eigenvalue weighted by molar-refractivity contribution is 5.91. The molecule has 0 aliphatic heterocycles. The van der Waals surface area contributed by atoms with Gasteiger partial charge in [-0.15, -0.1) is 0 Å². The monoisotopic (exact) mass is 237 g/mol. The molecule has 1 aromatic heterocycles. The van der Waals surface area contributed by atoms with Crippen molar-refractivity contribution in [3.8, 4) is 0 Å². The minimum absolute atomic E-state index is 0.133. The van der Waals surface area contributed by atoms with Crippen LogP contribution in [-0.4, -0.2) is 34.6 Å². The van der Waals surface area contributed by atoms with Gasteiger partial charge in [-0.3, -0.25) is 4.79 Å². The van der Waals surface area contributed by atoms with Crippen LogP contribution in [0.15, 0.2) is 28.9 Å². The molecule has 1 heterocycles. The standard InChI is InChI=1S/C13H19NO3/c1-4-14(10-13(2,3)16)12(15)8-7-11-6-5-9-17-11/h5-9,16H,4,10H2,1-3H3. The van der Waals surface area contributed by atoms with E-state index in [9.17, 15) is 9.90 Å². The molecule has 0 bridgehead atoms. The van der Waals surface area contributed by atoms with Crippen molar-refractivity contribution in [3.05, 3.63) is 30.2 Å². The van der Waals surface area contributed by atoms with Gasteiger partial charge in [0.25, 0.3) is 0 Å². The highest BCUT2D eigenvalue weighted by Gasteiger charge is 2.19. The lowest BCUT2D eigenvalue weighted by molar-refractivity contribution is -0.128. The molecule has 1 rings (SSSR count). The Morgan fingerprint density at radius 3 is 2.76 bits per heavy atom. The molecule has 4 heteroatoms. The molecule has 0 spiro atoms. The molecule has 4 nitrogen and oxygen atoms in total. The summed E-state index contributed by atoms with van der Waals surface area (Å²) in [6, 6.07) is 3.54. The summed E-state index contributed by atoms with van der Waals surface area (Å²) in [7, 11) is 0. The fourth-order valence-corrected chi connectivity index (χ4v) is 1.46. The third-order valence-corrected chi connectivity index (χ3v) is 2.20. The molecule has 94 valence electrons. The summed E-state index contributed by atoms with van der Waals surface area (Å²) in [5.74, 6) is 0.503. The van der Waals surface area contributed by atoms with Crippen LogP contribution in [-0.2, 0) is 4.79 Å². The molecule has 0 aliphatic carbocycles. The number of furan rings is 1. The molecule has 17 heavy (non-hydrogen) atoms. The van der Waals surface area contributed by atoms with Gasteiger partial charge in [-0.1, -0.05) is 0 Å². The van der Waals surface area contributed by atoms with Crippen molar-refractivity contribution in [2.24, 2.45) is 0 Å². The van der Waals surface area contributed by atoms with Gasteiger partial charge in [0.05, 0.1) is 11.9 Å². The maximum absolute atomic E-state index is 11.8. The van der Waals surface area contributed by atoms with E-state index in [1.165, 1.54) is 6.08 Å². The molecule has 0 saturated carbocycles. The molecule has 0 unspecified atom stereocenters. The van der Waals surface area contributed by atoms with Gasteiger partial charge in [0.2, 0.25) is 5.91 Å². The normalized spacial score (nSPS) is 12.0. The highest BCUT2D eigenvalue weighted by atomic mass is 16.3. The number of likely N-dealkylation sites (N-methyl/N-ethyl adjacent to an activating group) is 1. The molecular weight excluding hydrogens is 218 g/mol. The number of rotatable bonds is 5. The first kappa shape index (κ1) is 13.5. The topological polar surface area (TPSA) is 53.7 Å². The lowest BCUT2D eigenvalue weighted by atomic mass is 10.1. The van der Waals surface area contributed by atoms with Crippen LogP contribution >= 0.6 is 0 Å². The van der Waals surface area contributed by atoms with Gasteiger partial charge in [-0.05, 0) is 39.0 Å². The Morgan fingerprint density at radius 2 is 2.29 bits per heavy atom. The Hall–Kier alpha value is -1.55. The second kappa shape index (κ2) is 5.68. The van der Waals surface area contributed by atoms with E-state index in [0.717, 1.165) is 0 Å². The van der Waals surface area contributed by atoms with Crippen molar-refractivity contribution in [1.82, 2.24) is 4.90 Å². The Bertz CT molecular complexity index is 374. The van der Waals surface area contributed by atoms with Gasteiger partial charge < -0.3 is 14.4 Å². The first-order valence-corrected chi connectivity index (χ1v) is 5.65. The molecule has 0 radical (unpaired) electrons. The second-order valence-corrected chi connectivity index (χ2v) is 4.51. The number of carbonyl (C=O) groups excluding carboxylic acids is 1. The Kier molecular flexibility index (Phi) is 4.52. The number of amides is 1. The zero-order chi connectivity index (χ0) is 12.9. The van der Waals surface area contributed by atoms with E-state index >= 15 is 0 Å². The van der Waals surface area contributed by atoms with E-state index < -0.39 is 5.60 Å². The van der Waals surface area contributed by atoms with E-state index in [1.807, 2.05) is 6.92 Å². The summed E-state index contributed by atoms with van der Waals surface area (Å²) in [5.41, 5.74) is -0.885. The number of hydrogen-bond acceptors (Lipinski definition) is 3. The number of hydrogen-bond donors (Lipinski definition) is 1.